The van der Waals surface area contributed by atoms with Crippen molar-refractivity contribution in [3.63, 3.8) is 0 Å². The Bertz CT molecular complexity index is 1220. The topological polar surface area (TPSA) is 102 Å². The summed E-state index contributed by atoms with van der Waals surface area (Å²) < 4.78 is 11.5. The Morgan fingerprint density at radius 1 is 1.27 bits per heavy atom. The fourth-order valence-electron chi connectivity index (χ4n) is 3.62. The first-order valence-corrected chi connectivity index (χ1v) is 14.1. The lowest BCUT2D eigenvalue weighted by Gasteiger charge is -2.29. The summed E-state index contributed by atoms with van der Waals surface area (Å²) in [5.41, 5.74) is 3.49. The van der Waals surface area contributed by atoms with Crippen LogP contribution in [0, 0.1) is 0 Å². The lowest BCUT2D eigenvalue weighted by atomic mass is 10.2. The van der Waals surface area contributed by atoms with Crippen molar-refractivity contribution in [3.05, 3.63) is 64.3 Å². The molecule has 9 nitrogen and oxygen atoms in total. The average Bonchev–Trinajstić information content (AvgIpc) is 3.38. The van der Waals surface area contributed by atoms with E-state index in [1.807, 2.05) is 12.1 Å². The highest BCUT2D eigenvalue weighted by Gasteiger charge is 2.15. The number of carbonyl (C=O) groups is 1. The number of anilines is 3. The summed E-state index contributed by atoms with van der Waals surface area (Å²) in [6.07, 6.45) is 1.83. The highest BCUT2D eigenvalue weighted by atomic mass is 35.5. The molecule has 196 valence electrons. The summed E-state index contributed by atoms with van der Waals surface area (Å²) in [7, 11) is 0. The molecule has 0 spiro atoms. The summed E-state index contributed by atoms with van der Waals surface area (Å²) in [6, 6.07) is 9.54. The molecule has 1 aliphatic heterocycles. The number of hydrogen-bond acceptors (Lipinski definition) is 10. The summed E-state index contributed by atoms with van der Waals surface area (Å²) >= 11 is 9.56. The molecule has 2 aromatic heterocycles. The Labute approximate surface area is 229 Å². The molecule has 0 aliphatic carbocycles. The fraction of sp³-hybridized carbons (Fsp3) is 0.360. The number of rotatable bonds is 11. The third kappa shape index (κ3) is 8.32. The minimum atomic E-state index is -0.565. The molecule has 12 heteroatoms. The normalized spacial score (nSPS) is 13.3. The van der Waals surface area contributed by atoms with Crippen molar-refractivity contribution in [1.82, 2.24) is 15.2 Å². The van der Waals surface area contributed by atoms with E-state index < -0.39 is 6.09 Å². The maximum Gasteiger partial charge on any atom is 0.411 e. The smallest absolute Gasteiger partial charge is 0.411 e. The van der Waals surface area contributed by atoms with E-state index in [0.717, 1.165) is 51.6 Å². The van der Waals surface area contributed by atoms with E-state index in [0.29, 0.717) is 36.2 Å². The van der Waals surface area contributed by atoms with Crippen molar-refractivity contribution >= 4 is 58.0 Å². The number of aryl methyl sites for hydroxylation is 1. The Balaban J connectivity index is 1.48. The van der Waals surface area contributed by atoms with Gasteiger partial charge in [0.1, 0.15) is 17.4 Å². The van der Waals surface area contributed by atoms with E-state index in [1.54, 1.807) is 29.2 Å². The standard InChI is InChI=1S/C25H29ClN6O3S2/c1-3-7-35-24(33)29-19-11-17(10-18(26)12-19)15-27-22-14-21(32-5-8-34-9-6-32)13-20(28-22)16-36-25-31-30-23(4-2)37-25/h3,10-14H,1,4-9,15-16H2,2H3,(H,27,28)(H,29,33). The van der Waals surface area contributed by atoms with Crippen molar-refractivity contribution in [3.8, 4) is 0 Å². The van der Waals surface area contributed by atoms with Crippen LogP contribution in [0.15, 0.2) is 47.3 Å². The van der Waals surface area contributed by atoms with Crippen LogP contribution in [0.5, 0.6) is 0 Å². The molecule has 0 saturated carbocycles. The first kappa shape index (κ1) is 27.2. The highest BCUT2D eigenvalue weighted by molar-refractivity contribution is 8.00. The summed E-state index contributed by atoms with van der Waals surface area (Å²) in [5.74, 6) is 1.44. The predicted octanol–water partition coefficient (Wildman–Crippen LogP) is 5.62. The number of carbonyl (C=O) groups excluding carboxylic acids is 1. The van der Waals surface area contributed by atoms with Crippen LogP contribution in [-0.4, -0.2) is 54.2 Å². The Morgan fingerprint density at radius 3 is 2.86 bits per heavy atom. The van der Waals surface area contributed by atoms with E-state index >= 15 is 0 Å². The number of nitrogens with one attached hydrogen (secondary N) is 2. The molecule has 0 atom stereocenters. The van der Waals surface area contributed by atoms with Crippen LogP contribution in [0.2, 0.25) is 5.02 Å². The van der Waals surface area contributed by atoms with Gasteiger partial charge in [0.15, 0.2) is 4.34 Å². The number of halogens is 1. The number of morpholine rings is 1. The second-order valence-electron chi connectivity index (χ2n) is 8.12. The second kappa shape index (κ2) is 13.6. The number of amides is 1. The molecule has 0 bridgehead atoms. The largest absolute Gasteiger partial charge is 0.445 e. The first-order chi connectivity index (χ1) is 18.0. The zero-order chi connectivity index (χ0) is 26.0. The van der Waals surface area contributed by atoms with Crippen molar-refractivity contribution in [2.75, 3.05) is 48.4 Å². The van der Waals surface area contributed by atoms with Crippen LogP contribution < -0.4 is 15.5 Å². The number of thioether (sulfide) groups is 1. The van der Waals surface area contributed by atoms with Crippen LogP contribution in [0.25, 0.3) is 0 Å². The molecule has 1 aromatic carbocycles. The van der Waals surface area contributed by atoms with Crippen LogP contribution >= 0.6 is 34.7 Å². The van der Waals surface area contributed by atoms with Gasteiger partial charge in [-0.25, -0.2) is 9.78 Å². The number of hydrogen-bond donors (Lipinski definition) is 2. The molecular formula is C25H29ClN6O3S2. The maximum atomic E-state index is 11.9. The first-order valence-electron chi connectivity index (χ1n) is 11.9. The van der Waals surface area contributed by atoms with Gasteiger partial charge < -0.3 is 19.7 Å². The van der Waals surface area contributed by atoms with E-state index in [-0.39, 0.29) is 6.61 Å². The minimum absolute atomic E-state index is 0.130. The number of aromatic nitrogens is 3. The predicted molar refractivity (Wildman–Crippen MR) is 150 cm³/mol. The van der Waals surface area contributed by atoms with Gasteiger partial charge in [-0.3, -0.25) is 5.32 Å². The highest BCUT2D eigenvalue weighted by Crippen LogP contribution is 2.29. The third-order valence-corrected chi connectivity index (χ3v) is 7.80. The van der Waals surface area contributed by atoms with Crippen molar-refractivity contribution in [2.24, 2.45) is 0 Å². The summed E-state index contributed by atoms with van der Waals surface area (Å²) in [5, 5.41) is 16.1. The second-order valence-corrected chi connectivity index (χ2v) is 10.8. The Morgan fingerprint density at radius 2 is 2.11 bits per heavy atom. The van der Waals surface area contributed by atoms with E-state index in [1.165, 1.54) is 6.08 Å². The Kier molecular flexibility index (Phi) is 10.0. The summed E-state index contributed by atoms with van der Waals surface area (Å²) in [6.45, 7) is 9.28. The molecule has 0 unspecified atom stereocenters. The number of pyridine rings is 1. The molecule has 2 N–H and O–H groups in total. The molecule has 1 fully saturated rings. The molecule has 1 saturated heterocycles. The van der Waals surface area contributed by atoms with E-state index in [4.69, 9.17) is 26.1 Å². The third-order valence-electron chi connectivity index (χ3n) is 5.34. The van der Waals surface area contributed by atoms with Crippen LogP contribution in [-0.2, 0) is 28.2 Å². The lowest BCUT2D eigenvalue weighted by Crippen LogP contribution is -2.36. The molecular weight excluding hydrogens is 532 g/mol. The maximum absolute atomic E-state index is 11.9. The van der Waals surface area contributed by atoms with Gasteiger partial charge in [-0.15, -0.1) is 10.2 Å². The molecule has 0 radical (unpaired) electrons. The monoisotopic (exact) mass is 560 g/mol. The zero-order valence-corrected chi connectivity index (χ0v) is 22.9. The van der Waals surface area contributed by atoms with Crippen molar-refractivity contribution < 1.29 is 14.3 Å². The lowest BCUT2D eigenvalue weighted by molar-refractivity contribution is 0.122. The quantitative estimate of drug-likeness (QED) is 0.228. The van der Waals surface area contributed by atoms with Gasteiger partial charge in [0.25, 0.3) is 0 Å². The molecule has 3 heterocycles. The van der Waals surface area contributed by atoms with E-state index in [9.17, 15) is 4.79 Å². The number of nitrogens with zero attached hydrogens (tertiary/aromatic N) is 4. The minimum Gasteiger partial charge on any atom is -0.445 e. The van der Waals surface area contributed by atoms with Gasteiger partial charge in [0.05, 0.1) is 18.9 Å². The van der Waals surface area contributed by atoms with Gasteiger partial charge in [0.2, 0.25) is 0 Å². The van der Waals surface area contributed by atoms with Crippen molar-refractivity contribution in [2.45, 2.75) is 30.0 Å². The van der Waals surface area contributed by atoms with E-state index in [2.05, 4.69) is 51.4 Å². The SMILES string of the molecule is C=CCOC(=O)Nc1cc(Cl)cc(CNc2cc(N3CCOCC3)cc(CSc3nnc(CC)s3)n2)c1. The Hall–Kier alpha value is -2.86. The van der Waals surface area contributed by atoms with Gasteiger partial charge in [-0.2, -0.15) is 0 Å². The van der Waals surface area contributed by atoms with Crippen LogP contribution in [0.3, 0.4) is 0 Å². The van der Waals surface area contributed by atoms with Gasteiger partial charge in [-0.05, 0) is 36.2 Å². The molecule has 3 aromatic rings. The molecule has 37 heavy (non-hydrogen) atoms. The summed E-state index contributed by atoms with van der Waals surface area (Å²) in [4.78, 5) is 19.1. The molecule has 1 aliphatic rings. The number of benzene rings is 1. The fourth-order valence-corrected chi connectivity index (χ4v) is 5.61. The van der Waals surface area contributed by atoms with Gasteiger partial charge in [0, 0.05) is 47.9 Å². The van der Waals surface area contributed by atoms with Crippen LogP contribution in [0.1, 0.15) is 23.2 Å². The molecule has 4 rings (SSSR count). The zero-order valence-electron chi connectivity index (χ0n) is 20.5. The van der Waals surface area contributed by atoms with Gasteiger partial charge in [-0.1, -0.05) is 54.3 Å². The average molecular weight is 561 g/mol. The van der Waals surface area contributed by atoms with Crippen LogP contribution in [0.4, 0.5) is 22.0 Å². The molecule has 1 amide bonds. The number of ether oxygens (including phenoxy) is 2. The van der Waals surface area contributed by atoms with Gasteiger partial charge >= 0.3 is 6.09 Å². The van der Waals surface area contributed by atoms with Crippen molar-refractivity contribution in [1.29, 1.82) is 0 Å².